The van der Waals surface area contributed by atoms with Crippen LogP contribution in [-0.2, 0) is 0 Å². The molecule has 0 aliphatic rings. The molecular weight excluding hydrogens is 197 g/mol. The standard InChI is InChI=1S/C7H5BrFN/c1-2-5-3-6(8)7(9)10-4-5/h2-4H,1H2. The molecule has 0 radical (unpaired) electrons. The van der Waals surface area contributed by atoms with Crippen LogP contribution in [0.15, 0.2) is 23.3 Å². The van der Waals surface area contributed by atoms with Crippen molar-refractivity contribution in [2.45, 2.75) is 0 Å². The number of hydrogen-bond donors (Lipinski definition) is 0. The van der Waals surface area contributed by atoms with E-state index in [2.05, 4.69) is 27.5 Å². The minimum atomic E-state index is -0.495. The molecule has 0 aromatic carbocycles. The second kappa shape index (κ2) is 2.92. The molecule has 1 rings (SSSR count). The maximum absolute atomic E-state index is 12.4. The molecule has 0 fully saturated rings. The van der Waals surface area contributed by atoms with Crippen molar-refractivity contribution in [2.75, 3.05) is 0 Å². The highest BCUT2D eigenvalue weighted by Gasteiger charge is 1.97. The summed E-state index contributed by atoms with van der Waals surface area (Å²) in [6, 6.07) is 1.62. The van der Waals surface area contributed by atoms with Crippen molar-refractivity contribution < 1.29 is 4.39 Å². The summed E-state index contributed by atoms with van der Waals surface area (Å²) in [7, 11) is 0. The monoisotopic (exact) mass is 201 g/mol. The van der Waals surface area contributed by atoms with E-state index in [-0.39, 0.29) is 0 Å². The molecule has 0 spiro atoms. The van der Waals surface area contributed by atoms with Crippen LogP contribution in [0, 0.1) is 5.95 Å². The second-order valence-corrected chi connectivity index (χ2v) is 2.60. The van der Waals surface area contributed by atoms with Crippen LogP contribution >= 0.6 is 15.9 Å². The van der Waals surface area contributed by atoms with Gasteiger partial charge in [-0.15, -0.1) is 0 Å². The highest BCUT2D eigenvalue weighted by Crippen LogP contribution is 2.14. The minimum Gasteiger partial charge on any atom is -0.227 e. The first-order valence-corrected chi connectivity index (χ1v) is 3.47. The quantitative estimate of drug-likeness (QED) is 0.638. The Kier molecular flexibility index (Phi) is 2.17. The average molecular weight is 202 g/mol. The summed E-state index contributed by atoms with van der Waals surface area (Å²) in [5.41, 5.74) is 0.799. The maximum atomic E-state index is 12.4. The van der Waals surface area contributed by atoms with Gasteiger partial charge in [-0.1, -0.05) is 12.7 Å². The first-order chi connectivity index (χ1) is 4.74. The van der Waals surface area contributed by atoms with Gasteiger partial charge in [-0.05, 0) is 27.6 Å². The molecule has 0 saturated carbocycles. The Morgan fingerprint density at radius 1 is 1.70 bits per heavy atom. The molecule has 0 saturated heterocycles. The van der Waals surface area contributed by atoms with E-state index in [0.29, 0.717) is 4.47 Å². The molecule has 52 valence electrons. The summed E-state index contributed by atoms with van der Waals surface area (Å²) in [4.78, 5) is 3.46. The van der Waals surface area contributed by atoms with Gasteiger partial charge in [-0.3, -0.25) is 0 Å². The van der Waals surface area contributed by atoms with E-state index in [9.17, 15) is 4.39 Å². The normalized spacial score (nSPS) is 9.40. The van der Waals surface area contributed by atoms with Gasteiger partial charge >= 0.3 is 0 Å². The fourth-order valence-corrected chi connectivity index (χ4v) is 0.914. The van der Waals surface area contributed by atoms with Crippen LogP contribution in [0.25, 0.3) is 6.08 Å². The van der Waals surface area contributed by atoms with Crippen molar-refractivity contribution in [3.8, 4) is 0 Å². The molecule has 0 amide bonds. The van der Waals surface area contributed by atoms with Gasteiger partial charge in [-0.25, -0.2) is 4.98 Å². The van der Waals surface area contributed by atoms with Crippen LogP contribution in [0.5, 0.6) is 0 Å². The highest BCUT2D eigenvalue weighted by molar-refractivity contribution is 9.10. The third kappa shape index (κ3) is 1.42. The molecule has 1 aromatic rings. The lowest BCUT2D eigenvalue weighted by Gasteiger charge is -1.93. The van der Waals surface area contributed by atoms with Crippen LogP contribution in [-0.4, -0.2) is 4.98 Å². The SMILES string of the molecule is C=Cc1cnc(F)c(Br)c1. The summed E-state index contributed by atoms with van der Waals surface area (Å²) in [5, 5.41) is 0. The van der Waals surface area contributed by atoms with Crippen LogP contribution in [0.3, 0.4) is 0 Å². The van der Waals surface area contributed by atoms with Crippen molar-refractivity contribution in [1.29, 1.82) is 0 Å². The third-order valence-corrected chi connectivity index (χ3v) is 1.61. The van der Waals surface area contributed by atoms with E-state index in [1.807, 2.05) is 0 Å². The van der Waals surface area contributed by atoms with Gasteiger partial charge in [0, 0.05) is 6.20 Å². The fraction of sp³-hybridized carbons (Fsp3) is 0. The lowest BCUT2D eigenvalue weighted by Crippen LogP contribution is -1.84. The zero-order valence-electron chi connectivity index (χ0n) is 5.14. The highest BCUT2D eigenvalue weighted by atomic mass is 79.9. The van der Waals surface area contributed by atoms with Crippen molar-refractivity contribution in [2.24, 2.45) is 0 Å². The predicted molar refractivity (Wildman–Crippen MR) is 42.0 cm³/mol. The summed E-state index contributed by atoms with van der Waals surface area (Å²) in [6.45, 7) is 3.52. The Morgan fingerprint density at radius 3 is 2.90 bits per heavy atom. The molecule has 0 unspecified atom stereocenters. The van der Waals surface area contributed by atoms with E-state index in [0.717, 1.165) is 5.56 Å². The molecule has 0 atom stereocenters. The maximum Gasteiger partial charge on any atom is 0.227 e. The minimum absolute atomic E-state index is 0.366. The van der Waals surface area contributed by atoms with E-state index in [4.69, 9.17) is 0 Å². The molecule has 1 aromatic heterocycles. The van der Waals surface area contributed by atoms with Crippen LogP contribution in [0.2, 0.25) is 0 Å². The number of halogens is 2. The number of hydrogen-bond acceptors (Lipinski definition) is 1. The number of pyridine rings is 1. The second-order valence-electron chi connectivity index (χ2n) is 1.75. The Hall–Kier alpha value is -0.700. The number of aromatic nitrogens is 1. The first-order valence-electron chi connectivity index (χ1n) is 2.67. The predicted octanol–water partition coefficient (Wildman–Crippen LogP) is 2.63. The molecule has 0 N–H and O–H groups in total. The van der Waals surface area contributed by atoms with Gasteiger partial charge < -0.3 is 0 Å². The van der Waals surface area contributed by atoms with Gasteiger partial charge in [0.05, 0.1) is 4.47 Å². The van der Waals surface area contributed by atoms with Gasteiger partial charge in [0.15, 0.2) is 0 Å². The molecule has 1 heterocycles. The molecular formula is C7H5BrFN. The van der Waals surface area contributed by atoms with E-state index in [1.165, 1.54) is 6.20 Å². The smallest absolute Gasteiger partial charge is 0.227 e. The van der Waals surface area contributed by atoms with Gasteiger partial charge in [0.2, 0.25) is 5.95 Å². The molecule has 0 bridgehead atoms. The van der Waals surface area contributed by atoms with E-state index in [1.54, 1.807) is 12.1 Å². The van der Waals surface area contributed by atoms with Crippen LogP contribution in [0.1, 0.15) is 5.56 Å². The van der Waals surface area contributed by atoms with Crippen LogP contribution in [0.4, 0.5) is 4.39 Å². The Morgan fingerprint density at radius 2 is 2.40 bits per heavy atom. The van der Waals surface area contributed by atoms with E-state index >= 15 is 0 Å². The molecule has 0 aliphatic carbocycles. The van der Waals surface area contributed by atoms with Gasteiger partial charge in [-0.2, -0.15) is 4.39 Å². The van der Waals surface area contributed by atoms with Crippen molar-refractivity contribution in [3.05, 3.63) is 34.8 Å². The Labute approximate surface area is 66.7 Å². The summed E-state index contributed by atoms with van der Waals surface area (Å²) < 4.78 is 12.8. The van der Waals surface area contributed by atoms with Crippen molar-refractivity contribution >= 4 is 22.0 Å². The Bertz CT molecular complexity index is 260. The van der Waals surface area contributed by atoms with E-state index < -0.39 is 5.95 Å². The first kappa shape index (κ1) is 7.41. The van der Waals surface area contributed by atoms with Gasteiger partial charge in [0.25, 0.3) is 0 Å². The lowest BCUT2D eigenvalue weighted by molar-refractivity contribution is 0.576. The summed E-state index contributed by atoms with van der Waals surface area (Å²) in [5.74, 6) is -0.495. The van der Waals surface area contributed by atoms with Gasteiger partial charge in [0.1, 0.15) is 0 Å². The zero-order chi connectivity index (χ0) is 7.56. The molecule has 0 aliphatic heterocycles. The average Bonchev–Trinajstić information content (AvgIpc) is 1.95. The van der Waals surface area contributed by atoms with Crippen molar-refractivity contribution in [1.82, 2.24) is 4.98 Å². The topological polar surface area (TPSA) is 12.9 Å². The Balaban J connectivity index is 3.16. The zero-order valence-corrected chi connectivity index (χ0v) is 6.73. The fourth-order valence-electron chi connectivity index (χ4n) is 0.548. The number of nitrogens with zero attached hydrogens (tertiary/aromatic N) is 1. The number of rotatable bonds is 1. The van der Waals surface area contributed by atoms with Crippen LogP contribution < -0.4 is 0 Å². The third-order valence-electron chi connectivity index (χ3n) is 1.05. The molecule has 3 heteroatoms. The summed E-state index contributed by atoms with van der Waals surface area (Å²) in [6.07, 6.45) is 3.03. The molecule has 1 nitrogen and oxygen atoms in total. The van der Waals surface area contributed by atoms with Crippen molar-refractivity contribution in [3.63, 3.8) is 0 Å². The summed E-state index contributed by atoms with van der Waals surface area (Å²) >= 11 is 3.00. The largest absolute Gasteiger partial charge is 0.227 e. The molecule has 10 heavy (non-hydrogen) atoms. The lowest BCUT2D eigenvalue weighted by atomic mass is 10.3.